The Labute approximate surface area is 263 Å². The smallest absolute Gasteiger partial charge is 0.338 e. The molecule has 0 bridgehead atoms. The predicted molar refractivity (Wildman–Crippen MR) is 167 cm³/mol. The molecule has 3 heterocycles. The Morgan fingerprint density at radius 2 is 1.89 bits per heavy atom. The highest BCUT2D eigenvalue weighted by Crippen LogP contribution is 2.36. The molecule has 1 N–H and O–H groups in total. The number of aromatic amines is 1. The Morgan fingerprint density at radius 3 is 2.56 bits per heavy atom. The number of benzene rings is 2. The number of esters is 1. The minimum atomic E-state index is -0.914. The van der Waals surface area contributed by atoms with E-state index in [4.69, 9.17) is 14.2 Å². The Hall–Kier alpha value is -5.02. The van der Waals surface area contributed by atoms with Crippen LogP contribution in [0.15, 0.2) is 78.4 Å². The van der Waals surface area contributed by atoms with Gasteiger partial charge in [-0.1, -0.05) is 29.2 Å². The molecule has 0 unspecified atom stereocenters. The minimum Gasteiger partial charge on any atom is -0.493 e. The third kappa shape index (κ3) is 6.30. The van der Waals surface area contributed by atoms with Crippen LogP contribution in [0.4, 0.5) is 5.69 Å². The summed E-state index contributed by atoms with van der Waals surface area (Å²) in [7, 11) is 2.98. The van der Waals surface area contributed by atoms with E-state index in [1.807, 2.05) is 0 Å². The number of nitrogens with zero attached hydrogens (tertiary/aromatic N) is 4. The molecule has 0 fully saturated rings. The van der Waals surface area contributed by atoms with Gasteiger partial charge in [0.2, 0.25) is 0 Å². The molecule has 1 atom stereocenters. The van der Waals surface area contributed by atoms with Crippen LogP contribution in [-0.4, -0.2) is 46.3 Å². The summed E-state index contributed by atoms with van der Waals surface area (Å²) < 4.78 is 17.8. The summed E-state index contributed by atoms with van der Waals surface area (Å²) in [6, 6.07) is 9.74. The van der Waals surface area contributed by atoms with Gasteiger partial charge >= 0.3 is 5.97 Å². The van der Waals surface area contributed by atoms with Gasteiger partial charge in [0.05, 0.1) is 47.6 Å². The van der Waals surface area contributed by atoms with Crippen molar-refractivity contribution in [1.82, 2.24) is 14.5 Å². The number of rotatable bonds is 9. The van der Waals surface area contributed by atoms with Crippen molar-refractivity contribution in [1.29, 1.82) is 0 Å². The number of nitro groups is 1. The largest absolute Gasteiger partial charge is 0.493 e. The summed E-state index contributed by atoms with van der Waals surface area (Å²) in [5.74, 6) is 0.244. The second kappa shape index (κ2) is 12.9. The van der Waals surface area contributed by atoms with E-state index in [9.17, 15) is 24.5 Å². The molecule has 45 heavy (non-hydrogen) atoms. The summed E-state index contributed by atoms with van der Waals surface area (Å²) in [6.07, 6.45) is 1.53. The van der Waals surface area contributed by atoms with Crippen LogP contribution in [0.1, 0.15) is 36.7 Å². The lowest BCUT2D eigenvalue weighted by Gasteiger charge is -2.25. The van der Waals surface area contributed by atoms with Crippen LogP contribution in [0.3, 0.4) is 0 Å². The van der Waals surface area contributed by atoms with Gasteiger partial charge in [-0.15, -0.1) is 0 Å². The van der Waals surface area contributed by atoms with Gasteiger partial charge in [0, 0.05) is 28.8 Å². The summed E-state index contributed by atoms with van der Waals surface area (Å²) in [5.41, 5.74) is 0.966. The number of ether oxygens (including phenoxy) is 3. The molecule has 232 valence electrons. The van der Waals surface area contributed by atoms with Crippen molar-refractivity contribution in [3.8, 4) is 11.5 Å². The number of carbonyl (C=O) groups is 1. The van der Waals surface area contributed by atoms with E-state index in [2.05, 4.69) is 15.0 Å². The van der Waals surface area contributed by atoms with Crippen molar-refractivity contribution in [3.63, 3.8) is 0 Å². The number of fused-ring (bicyclic) bond motifs is 1. The summed E-state index contributed by atoms with van der Waals surface area (Å²) >= 11 is 2.17. The molecule has 2 aromatic carbocycles. The van der Waals surface area contributed by atoms with Crippen LogP contribution in [0.2, 0.25) is 0 Å². The van der Waals surface area contributed by atoms with E-state index >= 15 is 0 Å². The van der Waals surface area contributed by atoms with Crippen molar-refractivity contribution < 1.29 is 23.9 Å². The first kappa shape index (κ1) is 31.4. The minimum absolute atomic E-state index is 0.118. The van der Waals surface area contributed by atoms with Crippen LogP contribution < -0.4 is 29.9 Å². The molecule has 0 amide bonds. The number of methoxy groups -OCH3 is 2. The lowest BCUT2D eigenvalue weighted by atomic mass is 9.95. The standard InChI is InChI=1S/C30H27N5O8S2/c1-6-43-28(38)25-16(3)32-30-34(26(25)17-7-9-20(41-4)21(13-17)42-5)27(37)23(45-30)14-18-12-19(35(39)40)8-10-22(18)44-29-31-15(2)11-24(36)33-29/h7-14,26H,6H2,1-5H3,(H,31,33,36)/b23-14+/t26-/m1/s1. The van der Waals surface area contributed by atoms with Gasteiger partial charge in [0.15, 0.2) is 21.5 Å². The number of aryl methyl sites for hydroxylation is 1. The Bertz CT molecular complexity index is 2120. The SMILES string of the molecule is CCOC(=O)C1=C(C)N=c2s/c(=C/c3cc([N+](=O)[O-])ccc3Sc3nc(C)cc(=O)[nH]3)c(=O)n2[C@@H]1c1ccc(OC)c(OC)c1. The fourth-order valence-electron chi connectivity index (χ4n) is 4.83. The van der Waals surface area contributed by atoms with Crippen molar-refractivity contribution in [3.05, 3.63) is 111 Å². The van der Waals surface area contributed by atoms with E-state index in [0.29, 0.717) is 43.7 Å². The zero-order valence-corrected chi connectivity index (χ0v) is 26.4. The van der Waals surface area contributed by atoms with E-state index in [1.165, 1.54) is 49.1 Å². The molecule has 13 nitrogen and oxygen atoms in total. The number of aromatic nitrogens is 3. The summed E-state index contributed by atoms with van der Waals surface area (Å²) in [5, 5.41) is 11.9. The average Bonchev–Trinajstić information content (AvgIpc) is 3.30. The molecule has 2 aromatic heterocycles. The summed E-state index contributed by atoms with van der Waals surface area (Å²) in [6.45, 7) is 5.15. The topological polar surface area (TPSA) is 168 Å². The van der Waals surface area contributed by atoms with Crippen LogP contribution in [0, 0.1) is 17.0 Å². The second-order valence-corrected chi connectivity index (χ2v) is 11.7. The Kier molecular flexibility index (Phi) is 9.01. The molecular weight excluding hydrogens is 622 g/mol. The molecular formula is C30H27N5O8S2. The maximum atomic E-state index is 14.1. The van der Waals surface area contributed by atoms with Crippen molar-refractivity contribution in [2.24, 2.45) is 4.99 Å². The van der Waals surface area contributed by atoms with E-state index in [-0.39, 0.29) is 33.1 Å². The number of carbonyl (C=O) groups excluding carboxylic acids is 1. The number of allylic oxidation sites excluding steroid dienone is 1. The number of nitrogens with one attached hydrogen (secondary N) is 1. The van der Waals surface area contributed by atoms with Gasteiger partial charge < -0.3 is 19.2 Å². The fraction of sp³-hybridized carbons (Fsp3) is 0.233. The van der Waals surface area contributed by atoms with Gasteiger partial charge in [-0.3, -0.25) is 24.3 Å². The fourth-order valence-corrected chi connectivity index (χ4v) is 6.79. The Morgan fingerprint density at radius 1 is 1.13 bits per heavy atom. The normalized spacial score (nSPS) is 14.5. The third-order valence-corrected chi connectivity index (χ3v) is 8.75. The van der Waals surface area contributed by atoms with Gasteiger partial charge in [-0.05, 0) is 56.2 Å². The zero-order valence-electron chi connectivity index (χ0n) is 24.8. The molecule has 0 aliphatic carbocycles. The third-order valence-electron chi connectivity index (χ3n) is 6.79. The molecule has 0 saturated carbocycles. The van der Waals surface area contributed by atoms with E-state index in [1.54, 1.807) is 39.0 Å². The number of hydrogen-bond acceptors (Lipinski definition) is 12. The lowest BCUT2D eigenvalue weighted by molar-refractivity contribution is -0.384. The molecule has 4 aromatic rings. The van der Waals surface area contributed by atoms with Crippen LogP contribution in [0.25, 0.3) is 6.08 Å². The molecule has 0 spiro atoms. The van der Waals surface area contributed by atoms with E-state index < -0.39 is 22.5 Å². The van der Waals surface area contributed by atoms with Gasteiger partial charge in [-0.25, -0.2) is 14.8 Å². The lowest BCUT2D eigenvalue weighted by Crippen LogP contribution is -2.40. The highest BCUT2D eigenvalue weighted by Gasteiger charge is 2.34. The first-order valence-corrected chi connectivity index (χ1v) is 15.1. The highest BCUT2D eigenvalue weighted by atomic mass is 32.2. The van der Waals surface area contributed by atoms with Gasteiger partial charge in [0.1, 0.15) is 0 Å². The first-order chi connectivity index (χ1) is 21.5. The van der Waals surface area contributed by atoms with Crippen molar-refractivity contribution >= 4 is 40.8 Å². The zero-order chi connectivity index (χ0) is 32.4. The van der Waals surface area contributed by atoms with Crippen LogP contribution in [0.5, 0.6) is 11.5 Å². The molecule has 0 saturated heterocycles. The Balaban J connectivity index is 1.73. The number of non-ortho nitro benzene ring substituents is 1. The first-order valence-electron chi connectivity index (χ1n) is 13.5. The van der Waals surface area contributed by atoms with Crippen molar-refractivity contribution in [2.75, 3.05) is 20.8 Å². The second-order valence-electron chi connectivity index (χ2n) is 9.69. The monoisotopic (exact) mass is 649 g/mol. The molecule has 5 rings (SSSR count). The van der Waals surface area contributed by atoms with Gasteiger partial charge in [-0.2, -0.15) is 0 Å². The quantitative estimate of drug-likeness (QED) is 0.123. The predicted octanol–water partition coefficient (Wildman–Crippen LogP) is 3.27. The van der Waals surface area contributed by atoms with Crippen molar-refractivity contribution in [2.45, 2.75) is 36.9 Å². The van der Waals surface area contributed by atoms with Crippen LogP contribution >= 0.6 is 23.1 Å². The number of nitro benzene ring substituents is 1. The van der Waals surface area contributed by atoms with Crippen LogP contribution in [-0.2, 0) is 9.53 Å². The molecule has 1 aliphatic rings. The van der Waals surface area contributed by atoms with E-state index in [0.717, 1.165) is 23.1 Å². The summed E-state index contributed by atoms with van der Waals surface area (Å²) in [4.78, 5) is 62.9. The number of H-pyrrole nitrogens is 1. The molecule has 15 heteroatoms. The maximum absolute atomic E-state index is 14.1. The van der Waals surface area contributed by atoms with Gasteiger partial charge in [0.25, 0.3) is 16.8 Å². The maximum Gasteiger partial charge on any atom is 0.338 e. The molecule has 0 radical (unpaired) electrons. The number of thiazole rings is 1. The molecule has 1 aliphatic heterocycles. The number of hydrogen-bond donors (Lipinski definition) is 1. The average molecular weight is 650 g/mol. The highest BCUT2D eigenvalue weighted by molar-refractivity contribution is 7.99.